The number of halogens is 1. The van der Waals surface area contributed by atoms with Gasteiger partial charge >= 0.3 is 0 Å². The average molecular weight is 323 g/mol. The molecule has 122 valence electrons. The van der Waals surface area contributed by atoms with E-state index in [9.17, 15) is 9.90 Å². The molecule has 0 aliphatic heterocycles. The number of alkyl halides is 1. The lowest BCUT2D eigenvalue weighted by molar-refractivity contribution is -0.132. The van der Waals surface area contributed by atoms with Crippen LogP contribution in [0.3, 0.4) is 0 Å². The topological polar surface area (TPSA) is 37.3 Å². The van der Waals surface area contributed by atoms with Crippen LogP contribution in [-0.4, -0.2) is 22.9 Å². The highest BCUT2D eigenvalue weighted by Gasteiger charge is 2.59. The fourth-order valence-electron chi connectivity index (χ4n) is 6.48. The van der Waals surface area contributed by atoms with Crippen LogP contribution < -0.4 is 0 Å². The Hall–Kier alpha value is -0.340. The Morgan fingerprint density at radius 1 is 1.27 bits per heavy atom. The molecule has 6 atom stereocenters. The highest BCUT2D eigenvalue weighted by molar-refractivity contribution is 6.20. The van der Waals surface area contributed by atoms with Gasteiger partial charge in [0.25, 0.3) is 0 Å². The maximum atomic E-state index is 12.4. The summed E-state index contributed by atoms with van der Waals surface area (Å²) in [5.41, 5.74) is 1.32. The lowest BCUT2D eigenvalue weighted by atomic mass is 9.48. The fraction of sp³-hybridized carbons (Fsp3) is 0.842. The molecule has 0 radical (unpaired) electrons. The van der Waals surface area contributed by atoms with Gasteiger partial charge in [0.15, 0.2) is 0 Å². The van der Waals surface area contributed by atoms with Crippen LogP contribution in [0.2, 0.25) is 0 Å². The van der Waals surface area contributed by atoms with Gasteiger partial charge in [-0.2, -0.15) is 0 Å². The third-order valence-electron chi connectivity index (χ3n) is 7.76. The monoisotopic (exact) mass is 322 g/mol. The summed E-state index contributed by atoms with van der Waals surface area (Å²) in [5.74, 6) is 2.18. The number of hydrogen-bond acceptors (Lipinski definition) is 2. The molecule has 0 bridgehead atoms. The number of carbonyl (C=O) groups is 1. The minimum absolute atomic E-state index is 0.0265. The Morgan fingerprint density at radius 2 is 2.09 bits per heavy atom. The number of ketones is 1. The molecule has 4 aliphatic carbocycles. The van der Waals surface area contributed by atoms with Crippen LogP contribution >= 0.6 is 11.6 Å². The fourth-order valence-corrected chi connectivity index (χ4v) is 6.75. The minimum Gasteiger partial charge on any atom is -0.395 e. The second-order valence-corrected chi connectivity index (χ2v) is 9.03. The van der Waals surface area contributed by atoms with Gasteiger partial charge in [-0.3, -0.25) is 4.79 Å². The van der Waals surface area contributed by atoms with Crippen molar-refractivity contribution in [3.63, 3.8) is 0 Å². The van der Waals surface area contributed by atoms with Crippen molar-refractivity contribution in [1.29, 1.82) is 0 Å². The summed E-state index contributed by atoms with van der Waals surface area (Å²) in [5, 5.41) is 10.5. The van der Waals surface area contributed by atoms with E-state index >= 15 is 0 Å². The molecular formula is C19H27ClO2. The Balaban J connectivity index is 1.72. The highest BCUT2D eigenvalue weighted by atomic mass is 35.5. The molecule has 0 aromatic rings. The summed E-state index contributed by atoms with van der Waals surface area (Å²) in [6, 6.07) is 0. The van der Waals surface area contributed by atoms with Crippen LogP contribution in [0.4, 0.5) is 0 Å². The summed E-state index contributed by atoms with van der Waals surface area (Å²) in [6.07, 6.45) is 10.5. The first-order valence-electron chi connectivity index (χ1n) is 8.99. The molecule has 0 amide bonds. The first kappa shape index (κ1) is 15.2. The average Bonchev–Trinajstić information content (AvgIpc) is 2.82. The summed E-state index contributed by atoms with van der Waals surface area (Å²) in [6.45, 7) is 2.48. The number of aliphatic hydroxyl groups is 1. The SMILES string of the molecule is C[C@]12CC[C@H]3[C@@H](CC=C4CC(Cl)CC[C@@]43CO)[C@@H]1CCC2=O. The molecule has 0 spiro atoms. The second kappa shape index (κ2) is 5.08. The van der Waals surface area contributed by atoms with Crippen molar-refractivity contribution in [1.82, 2.24) is 0 Å². The van der Waals surface area contributed by atoms with E-state index in [1.165, 1.54) is 5.57 Å². The van der Waals surface area contributed by atoms with Gasteiger partial charge in [-0.1, -0.05) is 18.6 Å². The molecule has 4 aliphatic rings. The third-order valence-corrected chi connectivity index (χ3v) is 8.13. The highest BCUT2D eigenvalue weighted by Crippen LogP contribution is 2.64. The molecule has 22 heavy (non-hydrogen) atoms. The Kier molecular flexibility index (Phi) is 3.51. The number of carbonyl (C=O) groups excluding carboxylic acids is 1. The molecule has 0 saturated heterocycles. The van der Waals surface area contributed by atoms with Crippen molar-refractivity contribution >= 4 is 17.4 Å². The van der Waals surface area contributed by atoms with E-state index in [-0.39, 0.29) is 22.8 Å². The first-order chi connectivity index (χ1) is 10.5. The van der Waals surface area contributed by atoms with Gasteiger partial charge in [0.1, 0.15) is 5.78 Å². The molecule has 0 aromatic carbocycles. The predicted octanol–water partition coefficient (Wildman–Crippen LogP) is 4.10. The predicted molar refractivity (Wildman–Crippen MR) is 87.8 cm³/mol. The van der Waals surface area contributed by atoms with Gasteiger partial charge in [0, 0.05) is 22.6 Å². The molecule has 4 rings (SSSR count). The lowest BCUT2D eigenvalue weighted by Crippen LogP contribution is -2.52. The third kappa shape index (κ3) is 1.86. The molecule has 3 fully saturated rings. The van der Waals surface area contributed by atoms with Crippen LogP contribution in [-0.2, 0) is 4.79 Å². The zero-order valence-electron chi connectivity index (χ0n) is 13.5. The molecule has 3 heteroatoms. The lowest BCUT2D eigenvalue weighted by Gasteiger charge is -2.57. The van der Waals surface area contributed by atoms with Crippen molar-refractivity contribution in [3.05, 3.63) is 11.6 Å². The van der Waals surface area contributed by atoms with E-state index in [0.29, 0.717) is 23.5 Å². The van der Waals surface area contributed by atoms with E-state index in [2.05, 4.69) is 13.0 Å². The van der Waals surface area contributed by atoms with Crippen molar-refractivity contribution in [2.24, 2.45) is 28.6 Å². The molecule has 1 N–H and O–H groups in total. The summed E-state index contributed by atoms with van der Waals surface area (Å²) in [7, 11) is 0. The molecule has 0 aromatic heterocycles. The van der Waals surface area contributed by atoms with Crippen molar-refractivity contribution < 1.29 is 9.90 Å². The molecule has 1 unspecified atom stereocenters. The quantitative estimate of drug-likeness (QED) is 0.583. The van der Waals surface area contributed by atoms with Gasteiger partial charge in [0.2, 0.25) is 0 Å². The molecule has 0 heterocycles. The van der Waals surface area contributed by atoms with E-state index in [4.69, 9.17) is 11.6 Å². The van der Waals surface area contributed by atoms with Crippen LogP contribution in [0, 0.1) is 28.6 Å². The summed E-state index contributed by atoms with van der Waals surface area (Å²) < 4.78 is 0. The number of rotatable bonds is 1. The smallest absolute Gasteiger partial charge is 0.139 e. The Morgan fingerprint density at radius 3 is 2.86 bits per heavy atom. The van der Waals surface area contributed by atoms with Crippen molar-refractivity contribution in [3.8, 4) is 0 Å². The zero-order valence-corrected chi connectivity index (χ0v) is 14.2. The maximum absolute atomic E-state index is 12.4. The molecule has 2 nitrogen and oxygen atoms in total. The van der Waals surface area contributed by atoms with Crippen molar-refractivity contribution in [2.45, 2.75) is 63.7 Å². The van der Waals surface area contributed by atoms with E-state index < -0.39 is 0 Å². The van der Waals surface area contributed by atoms with Crippen LogP contribution in [0.1, 0.15) is 58.3 Å². The first-order valence-corrected chi connectivity index (χ1v) is 9.42. The van der Waals surface area contributed by atoms with Gasteiger partial charge < -0.3 is 5.11 Å². The zero-order chi connectivity index (χ0) is 15.5. The van der Waals surface area contributed by atoms with Crippen molar-refractivity contribution in [2.75, 3.05) is 6.61 Å². The normalized spacial score (nSPS) is 50.9. The number of fused-ring (bicyclic) bond motifs is 5. The number of hydrogen-bond donors (Lipinski definition) is 1. The molecular weight excluding hydrogens is 296 g/mol. The van der Waals surface area contributed by atoms with Gasteiger partial charge in [-0.15, -0.1) is 11.6 Å². The van der Waals surface area contributed by atoms with Crippen LogP contribution in [0.25, 0.3) is 0 Å². The Bertz CT molecular complexity index is 528. The second-order valence-electron chi connectivity index (χ2n) is 8.41. The van der Waals surface area contributed by atoms with Crippen LogP contribution in [0.5, 0.6) is 0 Å². The van der Waals surface area contributed by atoms with Crippen LogP contribution in [0.15, 0.2) is 11.6 Å². The number of allylic oxidation sites excluding steroid dienone is 1. The standard InChI is InChI=1S/C19H27ClO2/c1-18-8-7-16-14(15(18)4-5-17(18)22)3-2-12-10-13(20)6-9-19(12,16)11-21/h2,13-16,21H,3-11H2,1H3/t13?,14-,15-,16-,18-,19+/m0/s1. The largest absolute Gasteiger partial charge is 0.395 e. The van der Waals surface area contributed by atoms with Gasteiger partial charge in [-0.05, 0) is 62.7 Å². The molecule has 3 saturated carbocycles. The summed E-state index contributed by atoms with van der Waals surface area (Å²) >= 11 is 6.39. The van der Waals surface area contributed by atoms with E-state index in [1.54, 1.807) is 0 Å². The number of Topliss-reactive ketones (excluding diaryl/α,β-unsaturated/α-hetero) is 1. The van der Waals surface area contributed by atoms with E-state index in [0.717, 1.165) is 51.4 Å². The number of aliphatic hydroxyl groups excluding tert-OH is 1. The van der Waals surface area contributed by atoms with E-state index in [1.807, 2.05) is 0 Å². The minimum atomic E-state index is -0.0765. The summed E-state index contributed by atoms with van der Waals surface area (Å²) in [4.78, 5) is 12.4. The maximum Gasteiger partial charge on any atom is 0.139 e. The van der Waals surface area contributed by atoms with Gasteiger partial charge in [-0.25, -0.2) is 0 Å². The Labute approximate surface area is 138 Å². The van der Waals surface area contributed by atoms with Gasteiger partial charge in [0.05, 0.1) is 6.61 Å².